The molecule has 2 aliphatic rings. The molecule has 7 heteroatoms. The predicted octanol–water partition coefficient (Wildman–Crippen LogP) is 5.37. The zero-order valence-corrected chi connectivity index (χ0v) is 20.6. The van der Waals surface area contributed by atoms with E-state index >= 15 is 0 Å². The van der Waals surface area contributed by atoms with Crippen molar-refractivity contribution in [3.63, 3.8) is 0 Å². The average Bonchev–Trinajstić information content (AvgIpc) is 2.87. The number of nitrogens with one attached hydrogen (secondary N) is 1. The van der Waals surface area contributed by atoms with Crippen molar-refractivity contribution >= 4 is 35.3 Å². The van der Waals surface area contributed by atoms with Crippen molar-refractivity contribution in [2.45, 2.75) is 24.8 Å². The van der Waals surface area contributed by atoms with E-state index < -0.39 is 0 Å². The summed E-state index contributed by atoms with van der Waals surface area (Å²) in [5, 5.41) is 3.04. The summed E-state index contributed by atoms with van der Waals surface area (Å²) in [7, 11) is 1.74. The van der Waals surface area contributed by atoms with Gasteiger partial charge in [0.2, 0.25) is 0 Å². The van der Waals surface area contributed by atoms with Gasteiger partial charge in [0.05, 0.1) is 16.6 Å². The summed E-state index contributed by atoms with van der Waals surface area (Å²) in [5.74, 6) is 1.11. The average molecular weight is 487 g/mol. The number of hydrogen-bond donors (Lipinski definition) is 1. The highest BCUT2D eigenvalue weighted by Crippen LogP contribution is 2.42. The van der Waals surface area contributed by atoms with Crippen molar-refractivity contribution < 1.29 is 19.1 Å². The smallest absolute Gasteiger partial charge is 0.264 e. The van der Waals surface area contributed by atoms with E-state index in [1.807, 2.05) is 68.5 Å². The van der Waals surface area contributed by atoms with Crippen LogP contribution in [0.5, 0.6) is 11.5 Å². The lowest BCUT2D eigenvalue weighted by Gasteiger charge is -2.27. The Morgan fingerprint density at radius 1 is 1.06 bits per heavy atom. The first-order valence-corrected chi connectivity index (χ1v) is 12.3. The number of aryl methyl sites for hydroxylation is 1. The third kappa shape index (κ3) is 4.64. The van der Waals surface area contributed by atoms with Gasteiger partial charge in [-0.1, -0.05) is 42.1 Å². The molecule has 0 bridgehead atoms. The number of carbonyl (C=O) groups excluding carboxylic acids is 2. The number of rotatable bonds is 4. The highest BCUT2D eigenvalue weighted by atomic mass is 32.2. The largest absolute Gasteiger partial charge is 0.486 e. The molecular weight excluding hydrogens is 460 g/mol. The summed E-state index contributed by atoms with van der Waals surface area (Å²) in [5.41, 5.74) is 4.28. The first-order chi connectivity index (χ1) is 16.9. The molecule has 0 spiro atoms. The monoisotopic (exact) mass is 486 g/mol. The molecule has 0 aliphatic carbocycles. The maximum absolute atomic E-state index is 13.1. The molecule has 2 heterocycles. The number of nitrogens with zero attached hydrogens (tertiary/aromatic N) is 1. The van der Waals surface area contributed by atoms with Gasteiger partial charge in [-0.25, -0.2) is 0 Å². The fourth-order valence-electron chi connectivity index (χ4n) is 4.12. The lowest BCUT2D eigenvalue weighted by molar-refractivity contribution is -0.114. The Labute approximate surface area is 208 Å². The lowest BCUT2D eigenvalue weighted by Crippen LogP contribution is -2.31. The molecule has 0 fully saturated rings. The van der Waals surface area contributed by atoms with Crippen LogP contribution >= 0.6 is 11.8 Å². The lowest BCUT2D eigenvalue weighted by atomic mass is 10.1. The van der Waals surface area contributed by atoms with Crippen molar-refractivity contribution in [1.29, 1.82) is 0 Å². The number of thioether (sulfide) groups is 1. The van der Waals surface area contributed by atoms with E-state index in [4.69, 9.17) is 9.47 Å². The van der Waals surface area contributed by atoms with Crippen LogP contribution in [0.4, 0.5) is 5.69 Å². The number of amides is 2. The first-order valence-electron chi connectivity index (χ1n) is 11.5. The van der Waals surface area contributed by atoms with Gasteiger partial charge in [-0.3, -0.25) is 9.59 Å². The van der Waals surface area contributed by atoms with E-state index in [1.54, 1.807) is 24.1 Å². The quantitative estimate of drug-likeness (QED) is 0.503. The number of fused-ring (bicyclic) bond motifs is 2. The molecule has 0 aromatic heterocycles. The molecule has 35 heavy (non-hydrogen) atoms. The summed E-state index contributed by atoms with van der Waals surface area (Å²) < 4.78 is 11.2. The minimum atomic E-state index is -0.230. The first kappa shape index (κ1) is 23.1. The number of carbonyl (C=O) groups is 2. The standard InChI is InChI=1S/C28H26N2O4S/c1-17-6-4-5-7-19(17)16-26-28(32)30(3)22-14-21(9-11-25(22)35-26)27(31)29-18(2)20-8-10-23-24(15-20)34-13-12-33-23/h4-11,14-16,18H,12-13H2,1-3H3,(H,29,31)/b26-16-/t18-/m1/s1. The molecule has 3 aromatic rings. The molecular formula is C28H26N2O4S. The predicted molar refractivity (Wildman–Crippen MR) is 138 cm³/mol. The Morgan fingerprint density at radius 3 is 2.63 bits per heavy atom. The fourth-order valence-corrected chi connectivity index (χ4v) is 5.20. The van der Waals surface area contributed by atoms with Gasteiger partial charge in [0.1, 0.15) is 13.2 Å². The number of anilines is 1. The van der Waals surface area contributed by atoms with Gasteiger partial charge in [-0.05, 0) is 66.9 Å². The second-order valence-corrected chi connectivity index (χ2v) is 9.70. The van der Waals surface area contributed by atoms with Crippen molar-refractivity contribution in [3.05, 3.63) is 87.8 Å². The Hall–Kier alpha value is -3.71. The number of likely N-dealkylation sites (N-methyl/N-ethyl adjacent to an activating group) is 1. The Bertz CT molecular complexity index is 1350. The van der Waals surface area contributed by atoms with Gasteiger partial charge in [0, 0.05) is 17.5 Å². The molecule has 1 N–H and O–H groups in total. The van der Waals surface area contributed by atoms with Crippen LogP contribution in [-0.4, -0.2) is 32.1 Å². The topological polar surface area (TPSA) is 67.9 Å². The summed E-state index contributed by atoms with van der Waals surface area (Å²) in [4.78, 5) is 29.3. The Morgan fingerprint density at radius 2 is 1.83 bits per heavy atom. The van der Waals surface area contributed by atoms with E-state index in [9.17, 15) is 9.59 Å². The molecule has 6 nitrogen and oxygen atoms in total. The number of ether oxygens (including phenoxy) is 2. The second kappa shape index (κ2) is 9.50. The fraction of sp³-hybridized carbons (Fsp3) is 0.214. The highest BCUT2D eigenvalue weighted by molar-refractivity contribution is 8.04. The van der Waals surface area contributed by atoms with Crippen molar-refractivity contribution in [2.24, 2.45) is 0 Å². The van der Waals surface area contributed by atoms with E-state index in [2.05, 4.69) is 5.32 Å². The van der Waals surface area contributed by atoms with Crippen LogP contribution in [0, 0.1) is 6.92 Å². The van der Waals surface area contributed by atoms with Crippen LogP contribution < -0.4 is 19.7 Å². The minimum absolute atomic E-state index is 0.0899. The Balaban J connectivity index is 1.34. The van der Waals surface area contributed by atoms with Crippen LogP contribution in [0.25, 0.3) is 6.08 Å². The molecule has 1 atom stereocenters. The Kier molecular flexibility index (Phi) is 6.26. The van der Waals surface area contributed by atoms with Gasteiger partial charge in [0.15, 0.2) is 11.5 Å². The summed E-state index contributed by atoms with van der Waals surface area (Å²) in [6.07, 6.45) is 1.93. The van der Waals surface area contributed by atoms with Crippen LogP contribution in [0.2, 0.25) is 0 Å². The molecule has 5 rings (SSSR count). The van der Waals surface area contributed by atoms with Crippen molar-refractivity contribution in [1.82, 2.24) is 5.32 Å². The molecule has 2 amide bonds. The van der Waals surface area contributed by atoms with Crippen LogP contribution in [0.1, 0.15) is 40.0 Å². The van der Waals surface area contributed by atoms with Crippen LogP contribution in [-0.2, 0) is 4.79 Å². The molecule has 0 saturated carbocycles. The normalized spacial score (nSPS) is 16.6. The SMILES string of the molecule is Cc1ccccc1/C=C1\Sc2ccc(C(=O)N[C@H](C)c3ccc4c(c3)OCCO4)cc2N(C)C1=O. The van der Waals surface area contributed by atoms with Crippen LogP contribution in [0.3, 0.4) is 0 Å². The van der Waals surface area contributed by atoms with E-state index in [1.165, 1.54) is 11.8 Å². The highest BCUT2D eigenvalue weighted by Gasteiger charge is 2.28. The van der Waals surface area contributed by atoms with Crippen LogP contribution in [0.15, 0.2) is 70.5 Å². The van der Waals surface area contributed by atoms with E-state index in [0.717, 1.165) is 27.3 Å². The molecule has 3 aromatic carbocycles. The molecule has 0 saturated heterocycles. The molecule has 2 aliphatic heterocycles. The third-order valence-corrected chi connectivity index (χ3v) is 7.28. The summed E-state index contributed by atoms with van der Waals surface area (Å²) >= 11 is 1.43. The molecule has 178 valence electrons. The molecule has 0 unspecified atom stereocenters. The van der Waals surface area contributed by atoms with Gasteiger partial charge >= 0.3 is 0 Å². The maximum Gasteiger partial charge on any atom is 0.264 e. The van der Waals surface area contributed by atoms with Crippen molar-refractivity contribution in [2.75, 3.05) is 25.2 Å². The van der Waals surface area contributed by atoms with Gasteiger partial charge in [-0.2, -0.15) is 0 Å². The van der Waals surface area contributed by atoms with Gasteiger partial charge in [-0.15, -0.1) is 0 Å². The summed E-state index contributed by atoms with van der Waals surface area (Å²) in [6.45, 7) is 5.00. The second-order valence-electron chi connectivity index (χ2n) is 8.61. The summed E-state index contributed by atoms with van der Waals surface area (Å²) in [6, 6.07) is 18.9. The third-order valence-electron chi connectivity index (χ3n) is 6.21. The zero-order valence-electron chi connectivity index (χ0n) is 19.8. The maximum atomic E-state index is 13.1. The number of benzene rings is 3. The van der Waals surface area contributed by atoms with Gasteiger partial charge < -0.3 is 19.7 Å². The number of hydrogen-bond acceptors (Lipinski definition) is 5. The molecule has 0 radical (unpaired) electrons. The van der Waals surface area contributed by atoms with E-state index in [-0.39, 0.29) is 17.9 Å². The minimum Gasteiger partial charge on any atom is -0.486 e. The van der Waals surface area contributed by atoms with E-state index in [0.29, 0.717) is 35.2 Å². The zero-order chi connectivity index (χ0) is 24.5. The van der Waals surface area contributed by atoms with Crippen molar-refractivity contribution in [3.8, 4) is 11.5 Å². The van der Waals surface area contributed by atoms with Gasteiger partial charge in [0.25, 0.3) is 11.8 Å².